The lowest BCUT2D eigenvalue weighted by Crippen LogP contribution is -2.38. The van der Waals surface area contributed by atoms with Crippen LogP contribution in [0.5, 0.6) is 0 Å². The molecule has 0 aromatic heterocycles. The van der Waals surface area contributed by atoms with Crippen molar-refractivity contribution in [2.75, 3.05) is 36.0 Å². The zero-order valence-electron chi connectivity index (χ0n) is 25.6. The molecule has 0 saturated carbocycles. The van der Waals surface area contributed by atoms with E-state index in [9.17, 15) is 19.8 Å². The lowest BCUT2D eigenvalue weighted by molar-refractivity contribution is -0.252. The molecule has 0 radical (unpaired) electrons. The topological polar surface area (TPSA) is 146 Å². The van der Waals surface area contributed by atoms with Gasteiger partial charge in [0.15, 0.2) is 6.29 Å². The number of β-amino-alcohol motifs (C(OH)–C–C–N with tert-alkyl or cyclic N) is 1. The lowest BCUT2D eigenvalue weighted by Gasteiger charge is -2.38. The van der Waals surface area contributed by atoms with E-state index in [1.807, 2.05) is 60.7 Å². The quantitative estimate of drug-likeness (QED) is 0.135. The predicted octanol–water partition coefficient (Wildman–Crippen LogP) is 4.90. The highest BCUT2D eigenvalue weighted by atomic mass is 16.7. The van der Waals surface area contributed by atoms with E-state index in [1.165, 1.54) is 0 Å². The molecule has 6 N–H and O–H groups in total. The number of benzene rings is 3. The van der Waals surface area contributed by atoms with Crippen molar-refractivity contribution in [1.29, 1.82) is 0 Å². The second kappa shape index (κ2) is 16.0. The van der Waals surface area contributed by atoms with E-state index in [0.29, 0.717) is 62.3 Å². The Labute approximate surface area is 264 Å². The maximum atomic E-state index is 12.7. The normalized spacial score (nSPS) is 21.8. The third-order valence-corrected chi connectivity index (χ3v) is 8.31. The van der Waals surface area contributed by atoms with E-state index in [2.05, 4.69) is 15.5 Å². The molecule has 3 aromatic rings. The van der Waals surface area contributed by atoms with Gasteiger partial charge in [-0.15, -0.1) is 0 Å². The van der Waals surface area contributed by atoms with Crippen LogP contribution in [0.1, 0.15) is 74.0 Å². The Kier molecular flexibility index (Phi) is 11.6. The van der Waals surface area contributed by atoms with Crippen molar-refractivity contribution in [2.24, 2.45) is 0 Å². The van der Waals surface area contributed by atoms with Crippen LogP contribution in [-0.2, 0) is 25.7 Å². The molecule has 0 aliphatic carbocycles. The average Bonchev–Trinajstić information content (AvgIpc) is 3.46. The standard InChI is InChI=1S/C35H44N4O6/c36-30-9-4-5-10-31(30)38-34(43)12-3-1-2-11-33(42)37-27-8-6-7-26(19-27)35-44-29(22-39-18-17-28(41)21-39)20-32(45-35)25-15-13-24(23-40)14-16-25/h4-10,13-16,19,28-29,32,35,40-41H,1-3,11-12,17-18,20-23,36H2,(H,37,42)(H,38,43)/t28-,29+,32-,35-/m0/s1. The van der Waals surface area contributed by atoms with Crippen molar-refractivity contribution in [3.8, 4) is 0 Å². The summed E-state index contributed by atoms with van der Waals surface area (Å²) in [5.41, 5.74) is 10.4. The highest BCUT2D eigenvalue weighted by Gasteiger charge is 2.34. The first kappa shape index (κ1) is 32.6. The summed E-state index contributed by atoms with van der Waals surface area (Å²) in [6.07, 6.45) is 3.00. The van der Waals surface area contributed by atoms with Gasteiger partial charge in [-0.3, -0.25) is 14.5 Å². The van der Waals surface area contributed by atoms with Gasteiger partial charge in [-0.05, 0) is 54.7 Å². The van der Waals surface area contributed by atoms with E-state index in [0.717, 1.165) is 36.1 Å². The van der Waals surface area contributed by atoms with Gasteiger partial charge in [0.05, 0.1) is 36.3 Å². The Morgan fingerprint density at radius 1 is 0.889 bits per heavy atom. The van der Waals surface area contributed by atoms with Gasteiger partial charge in [-0.2, -0.15) is 0 Å². The fraction of sp³-hybridized carbons (Fsp3) is 0.429. The van der Waals surface area contributed by atoms with E-state index in [-0.39, 0.29) is 36.7 Å². The Hall–Kier alpha value is -3.80. The molecule has 0 spiro atoms. The van der Waals surface area contributed by atoms with Gasteiger partial charge in [0, 0.05) is 50.1 Å². The van der Waals surface area contributed by atoms with Crippen molar-refractivity contribution in [2.45, 2.75) is 76.2 Å². The number of rotatable bonds is 13. The number of aliphatic hydroxyl groups is 2. The highest BCUT2D eigenvalue weighted by molar-refractivity contribution is 5.93. The minimum Gasteiger partial charge on any atom is -0.397 e. The zero-order valence-corrected chi connectivity index (χ0v) is 25.6. The molecule has 10 heteroatoms. The summed E-state index contributed by atoms with van der Waals surface area (Å²) in [6, 6.07) is 22.5. The Bertz CT molecular complexity index is 1420. The SMILES string of the molecule is Nc1ccccc1NC(=O)CCCCCC(=O)Nc1cccc([C@H]2O[C@@H](CN3CC[C@H](O)C3)C[C@@H](c3ccc(CO)cc3)O2)c1. The van der Waals surface area contributed by atoms with E-state index in [1.54, 1.807) is 12.1 Å². The molecule has 2 saturated heterocycles. The van der Waals surface area contributed by atoms with Crippen molar-refractivity contribution in [1.82, 2.24) is 4.90 Å². The van der Waals surface area contributed by atoms with Crippen LogP contribution in [0.2, 0.25) is 0 Å². The summed E-state index contributed by atoms with van der Waals surface area (Å²) in [5.74, 6) is -0.183. The summed E-state index contributed by atoms with van der Waals surface area (Å²) in [4.78, 5) is 27.2. The molecule has 10 nitrogen and oxygen atoms in total. The minimum absolute atomic E-state index is 0.0161. The van der Waals surface area contributed by atoms with Crippen LogP contribution in [0.4, 0.5) is 17.1 Å². The van der Waals surface area contributed by atoms with Crippen LogP contribution >= 0.6 is 0 Å². The van der Waals surface area contributed by atoms with Gasteiger partial charge < -0.3 is 36.1 Å². The van der Waals surface area contributed by atoms with E-state index >= 15 is 0 Å². The number of likely N-dealkylation sites (tertiary alicyclic amines) is 1. The number of anilines is 3. The molecule has 240 valence electrons. The summed E-state index contributed by atoms with van der Waals surface area (Å²) in [7, 11) is 0. The fourth-order valence-corrected chi connectivity index (χ4v) is 5.86. The highest BCUT2D eigenvalue weighted by Crippen LogP contribution is 2.39. The number of hydrogen-bond donors (Lipinski definition) is 5. The maximum absolute atomic E-state index is 12.7. The van der Waals surface area contributed by atoms with Gasteiger partial charge in [-0.1, -0.05) is 55.0 Å². The summed E-state index contributed by atoms with van der Waals surface area (Å²) in [6.45, 7) is 2.15. The number of nitrogens with two attached hydrogens (primary N) is 1. The monoisotopic (exact) mass is 616 g/mol. The number of amides is 2. The number of ether oxygens (including phenoxy) is 2. The number of aliphatic hydroxyl groups excluding tert-OH is 2. The lowest BCUT2D eigenvalue weighted by atomic mass is 9.99. The van der Waals surface area contributed by atoms with Gasteiger partial charge in [0.1, 0.15) is 0 Å². The molecule has 3 aromatic carbocycles. The molecule has 4 atom stereocenters. The molecule has 2 fully saturated rings. The first-order chi connectivity index (χ1) is 21.9. The fourth-order valence-electron chi connectivity index (χ4n) is 5.86. The maximum Gasteiger partial charge on any atom is 0.224 e. The van der Waals surface area contributed by atoms with Gasteiger partial charge in [-0.25, -0.2) is 0 Å². The smallest absolute Gasteiger partial charge is 0.224 e. The first-order valence-corrected chi connectivity index (χ1v) is 15.8. The van der Waals surface area contributed by atoms with Crippen LogP contribution in [0.3, 0.4) is 0 Å². The van der Waals surface area contributed by atoms with Crippen LogP contribution in [0.15, 0.2) is 72.8 Å². The Balaban J connectivity index is 1.13. The number of nitrogens with zero attached hydrogens (tertiary/aromatic N) is 1. The number of unbranched alkanes of at least 4 members (excludes halogenated alkanes) is 2. The van der Waals surface area contributed by atoms with E-state index < -0.39 is 6.29 Å². The van der Waals surface area contributed by atoms with Crippen molar-refractivity contribution in [3.05, 3.63) is 89.5 Å². The predicted molar refractivity (Wildman–Crippen MR) is 173 cm³/mol. The molecule has 45 heavy (non-hydrogen) atoms. The third kappa shape index (κ3) is 9.59. The summed E-state index contributed by atoms with van der Waals surface area (Å²) in [5, 5.41) is 25.3. The molecule has 2 aliphatic rings. The summed E-state index contributed by atoms with van der Waals surface area (Å²) >= 11 is 0. The molecule has 2 aliphatic heterocycles. The van der Waals surface area contributed by atoms with Crippen LogP contribution in [-0.4, -0.2) is 58.8 Å². The van der Waals surface area contributed by atoms with Crippen molar-refractivity contribution < 1.29 is 29.3 Å². The van der Waals surface area contributed by atoms with Gasteiger partial charge in [0.25, 0.3) is 0 Å². The third-order valence-electron chi connectivity index (χ3n) is 8.31. The largest absolute Gasteiger partial charge is 0.397 e. The second-order valence-corrected chi connectivity index (χ2v) is 11.9. The molecule has 2 amide bonds. The van der Waals surface area contributed by atoms with E-state index in [4.69, 9.17) is 15.2 Å². The number of hydrogen-bond acceptors (Lipinski definition) is 8. The zero-order chi connectivity index (χ0) is 31.6. The molecular formula is C35H44N4O6. The number of carbonyl (C=O) groups is 2. The molecule has 5 rings (SSSR count). The van der Waals surface area contributed by atoms with Crippen molar-refractivity contribution >= 4 is 28.9 Å². The number of nitrogen functional groups attached to an aromatic ring is 1. The van der Waals surface area contributed by atoms with Crippen LogP contribution < -0.4 is 16.4 Å². The molecular weight excluding hydrogens is 572 g/mol. The van der Waals surface area contributed by atoms with Crippen molar-refractivity contribution in [3.63, 3.8) is 0 Å². The first-order valence-electron chi connectivity index (χ1n) is 15.8. The van der Waals surface area contributed by atoms with Gasteiger partial charge in [0.2, 0.25) is 11.8 Å². The van der Waals surface area contributed by atoms with Crippen LogP contribution in [0, 0.1) is 0 Å². The molecule has 2 heterocycles. The molecule has 0 bridgehead atoms. The number of nitrogens with one attached hydrogen (secondary N) is 2. The Morgan fingerprint density at radius 3 is 2.36 bits per heavy atom. The Morgan fingerprint density at radius 2 is 1.64 bits per heavy atom. The van der Waals surface area contributed by atoms with Crippen LogP contribution in [0.25, 0.3) is 0 Å². The summed E-state index contributed by atoms with van der Waals surface area (Å²) < 4.78 is 12.9. The minimum atomic E-state index is -0.631. The van der Waals surface area contributed by atoms with Gasteiger partial charge >= 0.3 is 0 Å². The second-order valence-electron chi connectivity index (χ2n) is 11.9. The number of para-hydroxylation sites is 2. The number of carbonyl (C=O) groups excluding carboxylic acids is 2. The molecule has 0 unspecified atom stereocenters. The average molecular weight is 617 g/mol.